The maximum absolute atomic E-state index is 12.4. The minimum atomic E-state index is -0.831. The van der Waals surface area contributed by atoms with Crippen LogP contribution in [0.2, 0.25) is 5.02 Å². The summed E-state index contributed by atoms with van der Waals surface area (Å²) in [5.74, 6) is -1.56. The molecule has 6 nitrogen and oxygen atoms in total. The van der Waals surface area contributed by atoms with Crippen LogP contribution in [0.5, 0.6) is 0 Å². The Kier molecular flexibility index (Phi) is 8.68. The van der Waals surface area contributed by atoms with Crippen LogP contribution in [0.1, 0.15) is 25.0 Å². The molecule has 7 heteroatoms. The molecule has 0 aliphatic carbocycles. The first kappa shape index (κ1) is 22.4. The summed E-state index contributed by atoms with van der Waals surface area (Å²) >= 11 is 6.04. The second-order valence-electron chi connectivity index (χ2n) is 6.93. The highest BCUT2D eigenvalue weighted by Crippen LogP contribution is 2.14. The number of halogens is 1. The molecule has 0 aliphatic rings. The Balaban J connectivity index is 1.81. The van der Waals surface area contributed by atoms with Gasteiger partial charge in [-0.05, 0) is 23.1 Å². The molecule has 0 fully saturated rings. The zero-order valence-electron chi connectivity index (χ0n) is 16.5. The molecule has 29 heavy (non-hydrogen) atoms. The number of benzene rings is 2. The van der Waals surface area contributed by atoms with E-state index in [4.69, 9.17) is 16.3 Å². The number of hydrogen-bond donors (Lipinski definition) is 2. The van der Waals surface area contributed by atoms with Crippen LogP contribution in [-0.2, 0) is 32.1 Å². The fraction of sp³-hybridized carbons (Fsp3) is 0.318. The fourth-order valence-electron chi connectivity index (χ4n) is 2.62. The van der Waals surface area contributed by atoms with Crippen molar-refractivity contribution in [2.24, 2.45) is 5.92 Å². The van der Waals surface area contributed by atoms with Gasteiger partial charge in [-0.1, -0.05) is 74.0 Å². The highest BCUT2D eigenvalue weighted by atomic mass is 35.5. The van der Waals surface area contributed by atoms with Crippen molar-refractivity contribution < 1.29 is 19.1 Å². The van der Waals surface area contributed by atoms with Gasteiger partial charge in [0.1, 0.15) is 6.04 Å². The van der Waals surface area contributed by atoms with Gasteiger partial charge in [-0.25, -0.2) is 4.79 Å². The third-order valence-corrected chi connectivity index (χ3v) is 4.59. The van der Waals surface area contributed by atoms with Gasteiger partial charge in [0, 0.05) is 11.6 Å². The summed E-state index contributed by atoms with van der Waals surface area (Å²) in [7, 11) is 0. The Morgan fingerprint density at radius 1 is 0.966 bits per heavy atom. The highest BCUT2D eigenvalue weighted by Gasteiger charge is 2.26. The van der Waals surface area contributed by atoms with E-state index in [0.717, 1.165) is 11.1 Å². The van der Waals surface area contributed by atoms with E-state index in [9.17, 15) is 14.4 Å². The molecule has 2 aromatic carbocycles. The molecule has 154 valence electrons. The molecule has 2 N–H and O–H groups in total. The average Bonchev–Trinajstić information content (AvgIpc) is 2.70. The Hall–Kier alpha value is -2.86. The van der Waals surface area contributed by atoms with E-state index < -0.39 is 24.5 Å². The van der Waals surface area contributed by atoms with Crippen LogP contribution in [0.4, 0.5) is 0 Å². The quantitative estimate of drug-likeness (QED) is 0.615. The molecule has 2 aromatic rings. The average molecular weight is 417 g/mol. The van der Waals surface area contributed by atoms with E-state index in [0.29, 0.717) is 5.02 Å². The molecular weight excluding hydrogens is 392 g/mol. The largest absolute Gasteiger partial charge is 0.454 e. The van der Waals surface area contributed by atoms with Crippen LogP contribution in [0.3, 0.4) is 0 Å². The van der Waals surface area contributed by atoms with Gasteiger partial charge in [-0.3, -0.25) is 9.59 Å². The predicted molar refractivity (Wildman–Crippen MR) is 111 cm³/mol. The molecule has 0 aliphatic heterocycles. The lowest BCUT2D eigenvalue weighted by Gasteiger charge is -2.20. The zero-order chi connectivity index (χ0) is 21.2. The Morgan fingerprint density at radius 3 is 2.28 bits per heavy atom. The monoisotopic (exact) mass is 416 g/mol. The van der Waals surface area contributed by atoms with Gasteiger partial charge < -0.3 is 15.4 Å². The van der Waals surface area contributed by atoms with Gasteiger partial charge in [0.05, 0.1) is 6.42 Å². The number of rotatable bonds is 9. The molecule has 0 radical (unpaired) electrons. The Bertz CT molecular complexity index is 840. The third-order valence-electron chi connectivity index (χ3n) is 4.22. The standard InChI is InChI=1S/C22H25ClN2O4/c1-15(2)21(25-19(26)12-16-8-4-3-5-9-16)22(28)29-14-20(27)24-13-17-10-6-7-11-18(17)23/h3-11,15,21H,12-14H2,1-2H3,(H,24,27)(H,25,26)/t21-/m0/s1. The highest BCUT2D eigenvalue weighted by molar-refractivity contribution is 6.31. The van der Waals surface area contributed by atoms with Crippen LogP contribution in [0.15, 0.2) is 54.6 Å². The number of hydrogen-bond acceptors (Lipinski definition) is 4. The van der Waals surface area contributed by atoms with E-state index in [1.54, 1.807) is 32.0 Å². The summed E-state index contributed by atoms with van der Waals surface area (Å²) < 4.78 is 5.10. The van der Waals surface area contributed by atoms with E-state index >= 15 is 0 Å². The SMILES string of the molecule is CC(C)[C@H](NC(=O)Cc1ccccc1)C(=O)OCC(=O)NCc1ccccc1Cl. The smallest absolute Gasteiger partial charge is 0.329 e. The van der Waals surface area contributed by atoms with E-state index in [-0.39, 0.29) is 24.8 Å². The molecule has 1 atom stereocenters. The van der Waals surface area contributed by atoms with Crippen molar-refractivity contribution in [3.05, 3.63) is 70.7 Å². The third kappa shape index (κ3) is 7.58. The zero-order valence-corrected chi connectivity index (χ0v) is 17.2. The van der Waals surface area contributed by atoms with E-state index in [1.165, 1.54) is 0 Å². The molecule has 2 rings (SSSR count). The molecular formula is C22H25ClN2O4. The van der Waals surface area contributed by atoms with Gasteiger partial charge in [0.2, 0.25) is 5.91 Å². The second-order valence-corrected chi connectivity index (χ2v) is 7.33. The molecule has 0 saturated heterocycles. The normalized spacial score (nSPS) is 11.6. The van der Waals surface area contributed by atoms with Gasteiger partial charge in [-0.2, -0.15) is 0 Å². The molecule has 0 unspecified atom stereocenters. The first-order valence-electron chi connectivity index (χ1n) is 9.37. The predicted octanol–water partition coefficient (Wildman–Crippen LogP) is 2.88. The summed E-state index contributed by atoms with van der Waals surface area (Å²) in [5.41, 5.74) is 1.61. The maximum atomic E-state index is 12.4. The number of carbonyl (C=O) groups is 3. The van der Waals surface area contributed by atoms with Crippen molar-refractivity contribution in [2.45, 2.75) is 32.9 Å². The first-order chi connectivity index (χ1) is 13.9. The van der Waals surface area contributed by atoms with E-state index in [2.05, 4.69) is 10.6 Å². The minimum absolute atomic E-state index is 0.162. The molecule has 0 bridgehead atoms. The number of ether oxygens (including phenoxy) is 1. The fourth-order valence-corrected chi connectivity index (χ4v) is 2.82. The first-order valence-corrected chi connectivity index (χ1v) is 9.74. The number of carbonyl (C=O) groups excluding carboxylic acids is 3. The van der Waals surface area contributed by atoms with Crippen molar-refractivity contribution >= 4 is 29.4 Å². The molecule has 2 amide bonds. The summed E-state index contributed by atoms with van der Waals surface area (Å²) in [6, 6.07) is 15.6. The van der Waals surface area contributed by atoms with Gasteiger partial charge in [0.15, 0.2) is 6.61 Å². The van der Waals surface area contributed by atoms with Crippen LogP contribution in [0.25, 0.3) is 0 Å². The van der Waals surface area contributed by atoms with Gasteiger partial charge >= 0.3 is 5.97 Å². The molecule has 0 saturated carbocycles. The molecule has 0 spiro atoms. The van der Waals surface area contributed by atoms with Gasteiger partial charge in [-0.15, -0.1) is 0 Å². The summed E-state index contributed by atoms with van der Waals surface area (Å²) in [5, 5.41) is 5.89. The van der Waals surface area contributed by atoms with Crippen molar-refractivity contribution in [3.8, 4) is 0 Å². The summed E-state index contributed by atoms with van der Waals surface area (Å²) in [4.78, 5) is 36.6. The van der Waals surface area contributed by atoms with Crippen LogP contribution in [0, 0.1) is 5.92 Å². The van der Waals surface area contributed by atoms with Crippen LogP contribution < -0.4 is 10.6 Å². The van der Waals surface area contributed by atoms with Crippen LogP contribution >= 0.6 is 11.6 Å². The topological polar surface area (TPSA) is 84.5 Å². The van der Waals surface area contributed by atoms with Crippen molar-refractivity contribution in [1.82, 2.24) is 10.6 Å². The molecule has 0 aromatic heterocycles. The number of esters is 1. The lowest BCUT2D eigenvalue weighted by Crippen LogP contribution is -2.46. The van der Waals surface area contributed by atoms with Crippen molar-refractivity contribution in [3.63, 3.8) is 0 Å². The number of amides is 2. The Morgan fingerprint density at radius 2 is 1.62 bits per heavy atom. The lowest BCUT2D eigenvalue weighted by molar-refractivity contribution is -0.152. The van der Waals surface area contributed by atoms with Crippen molar-refractivity contribution in [2.75, 3.05) is 6.61 Å². The summed E-state index contributed by atoms with van der Waals surface area (Å²) in [6.45, 7) is 3.40. The van der Waals surface area contributed by atoms with Crippen LogP contribution in [-0.4, -0.2) is 30.4 Å². The maximum Gasteiger partial charge on any atom is 0.329 e. The van der Waals surface area contributed by atoms with E-state index in [1.807, 2.05) is 36.4 Å². The Labute approximate surface area is 175 Å². The summed E-state index contributed by atoms with van der Waals surface area (Å²) in [6.07, 6.45) is 0.162. The lowest BCUT2D eigenvalue weighted by atomic mass is 10.0. The molecule has 0 heterocycles. The number of nitrogens with one attached hydrogen (secondary N) is 2. The minimum Gasteiger partial charge on any atom is -0.454 e. The van der Waals surface area contributed by atoms with Crippen molar-refractivity contribution in [1.29, 1.82) is 0 Å². The van der Waals surface area contributed by atoms with Gasteiger partial charge in [0.25, 0.3) is 5.91 Å². The second kappa shape index (κ2) is 11.2.